The van der Waals surface area contributed by atoms with E-state index in [-0.39, 0.29) is 6.17 Å². The topological polar surface area (TPSA) is 41.1 Å². The quantitative estimate of drug-likeness (QED) is 0.452. The van der Waals surface area contributed by atoms with Gasteiger partial charge in [-0.15, -0.1) is 0 Å². The molecule has 2 N–H and O–H groups in total. The number of nitrogens with one attached hydrogen (secondary N) is 2. The highest BCUT2D eigenvalue weighted by atomic mass is 16.1. The van der Waals surface area contributed by atoms with Gasteiger partial charge in [-0.1, -0.05) is 0 Å². The van der Waals surface area contributed by atoms with E-state index in [9.17, 15) is 4.79 Å². The van der Waals surface area contributed by atoms with Crippen molar-refractivity contribution >= 4 is 6.29 Å². The fraction of sp³-hybridized carbons (Fsp3) is 0.400. The zero-order valence-corrected chi connectivity index (χ0v) is 4.64. The molecule has 1 rings (SSSR count). The van der Waals surface area contributed by atoms with E-state index in [0.29, 0.717) is 5.70 Å². The highest BCUT2D eigenvalue weighted by Gasteiger charge is 2.06. The number of carbonyl (C=O) groups excluding carboxylic acids is 1. The summed E-state index contributed by atoms with van der Waals surface area (Å²) >= 11 is 0. The van der Waals surface area contributed by atoms with Crippen molar-refractivity contribution in [1.82, 2.24) is 10.6 Å². The van der Waals surface area contributed by atoms with Crippen molar-refractivity contribution in [2.45, 2.75) is 13.1 Å². The van der Waals surface area contributed by atoms with Gasteiger partial charge >= 0.3 is 0 Å². The van der Waals surface area contributed by atoms with Crippen LogP contribution in [-0.4, -0.2) is 12.5 Å². The molecule has 0 amide bonds. The summed E-state index contributed by atoms with van der Waals surface area (Å²) in [6.07, 6.45) is 2.66. The summed E-state index contributed by atoms with van der Waals surface area (Å²) in [5.74, 6) is 0. The minimum absolute atomic E-state index is 0.204. The second-order valence-corrected chi connectivity index (χ2v) is 1.75. The van der Waals surface area contributed by atoms with Crippen LogP contribution in [0.3, 0.4) is 0 Å². The van der Waals surface area contributed by atoms with E-state index >= 15 is 0 Å². The standard InChI is InChI=1S/C5H8N2O/c1-4-6-2-5(3-8)7-4/h2-4,6-7H,1H3. The van der Waals surface area contributed by atoms with Gasteiger partial charge in [-0.25, -0.2) is 0 Å². The summed E-state index contributed by atoms with van der Waals surface area (Å²) in [5, 5.41) is 5.80. The number of hydrogen-bond donors (Lipinski definition) is 2. The predicted molar refractivity (Wildman–Crippen MR) is 29.9 cm³/mol. The molecule has 1 aliphatic rings. The van der Waals surface area contributed by atoms with Crippen LogP contribution >= 0.6 is 0 Å². The van der Waals surface area contributed by atoms with E-state index in [0.717, 1.165) is 6.29 Å². The Bertz CT molecular complexity index is 130. The molecule has 1 heterocycles. The molecule has 0 aliphatic carbocycles. The van der Waals surface area contributed by atoms with Gasteiger partial charge in [0.1, 0.15) is 0 Å². The number of hydrogen-bond acceptors (Lipinski definition) is 3. The first-order valence-corrected chi connectivity index (χ1v) is 2.51. The van der Waals surface area contributed by atoms with Crippen molar-refractivity contribution in [1.29, 1.82) is 0 Å². The number of rotatable bonds is 1. The first-order chi connectivity index (χ1) is 3.83. The molecule has 0 spiro atoms. The molecule has 0 saturated heterocycles. The summed E-state index contributed by atoms with van der Waals surface area (Å²) in [6.45, 7) is 1.94. The van der Waals surface area contributed by atoms with Crippen molar-refractivity contribution in [3.63, 3.8) is 0 Å². The van der Waals surface area contributed by atoms with Gasteiger partial charge < -0.3 is 10.6 Å². The summed E-state index contributed by atoms with van der Waals surface area (Å²) in [4.78, 5) is 9.98. The molecular formula is C5H8N2O. The van der Waals surface area contributed by atoms with Crippen molar-refractivity contribution in [2.75, 3.05) is 0 Å². The largest absolute Gasteiger partial charge is 0.370 e. The normalized spacial score (nSPS) is 25.6. The van der Waals surface area contributed by atoms with Gasteiger partial charge in [0.25, 0.3) is 0 Å². The van der Waals surface area contributed by atoms with Crippen LogP contribution in [-0.2, 0) is 4.79 Å². The van der Waals surface area contributed by atoms with Crippen LogP contribution in [0.4, 0.5) is 0 Å². The van der Waals surface area contributed by atoms with Crippen LogP contribution < -0.4 is 10.6 Å². The third kappa shape index (κ3) is 0.804. The Balaban J connectivity index is 2.49. The number of carbonyl (C=O) groups is 1. The average Bonchev–Trinajstić information content (AvgIpc) is 2.14. The second kappa shape index (κ2) is 1.86. The molecule has 1 unspecified atom stereocenters. The Kier molecular flexibility index (Phi) is 1.20. The Labute approximate surface area is 47.8 Å². The molecule has 0 aromatic carbocycles. The van der Waals surface area contributed by atoms with Crippen LogP contribution in [0.1, 0.15) is 6.92 Å². The minimum atomic E-state index is 0.204. The van der Waals surface area contributed by atoms with Crippen molar-refractivity contribution in [2.24, 2.45) is 0 Å². The smallest absolute Gasteiger partial charge is 0.167 e. The number of allylic oxidation sites excluding steroid dienone is 1. The summed E-state index contributed by atoms with van der Waals surface area (Å²) in [6, 6.07) is 0. The van der Waals surface area contributed by atoms with Gasteiger partial charge in [0.15, 0.2) is 6.29 Å². The fourth-order valence-electron chi connectivity index (χ4n) is 0.616. The lowest BCUT2D eigenvalue weighted by atomic mass is 10.5. The summed E-state index contributed by atoms with van der Waals surface area (Å²) in [5.41, 5.74) is 0.623. The Morgan fingerprint density at radius 2 is 2.62 bits per heavy atom. The maximum atomic E-state index is 9.98. The zero-order chi connectivity index (χ0) is 5.98. The molecule has 0 fully saturated rings. The molecule has 3 nitrogen and oxygen atoms in total. The molecule has 3 heteroatoms. The van der Waals surface area contributed by atoms with E-state index in [2.05, 4.69) is 10.6 Å². The third-order valence-corrected chi connectivity index (χ3v) is 0.999. The molecule has 8 heavy (non-hydrogen) atoms. The zero-order valence-electron chi connectivity index (χ0n) is 4.64. The monoisotopic (exact) mass is 112 g/mol. The highest BCUT2D eigenvalue weighted by Crippen LogP contribution is 1.91. The van der Waals surface area contributed by atoms with Gasteiger partial charge in [-0.3, -0.25) is 4.79 Å². The van der Waals surface area contributed by atoms with Crippen LogP contribution in [0.5, 0.6) is 0 Å². The van der Waals surface area contributed by atoms with Gasteiger partial charge in [0.2, 0.25) is 0 Å². The lowest BCUT2D eigenvalue weighted by Gasteiger charge is -2.02. The molecular weight excluding hydrogens is 104 g/mol. The van der Waals surface area contributed by atoms with E-state index in [1.54, 1.807) is 6.20 Å². The molecule has 44 valence electrons. The van der Waals surface area contributed by atoms with Crippen LogP contribution in [0.2, 0.25) is 0 Å². The SMILES string of the molecule is CC1NC=C(C=O)N1. The van der Waals surface area contributed by atoms with Gasteiger partial charge in [0, 0.05) is 6.20 Å². The van der Waals surface area contributed by atoms with Crippen LogP contribution in [0.15, 0.2) is 11.9 Å². The van der Waals surface area contributed by atoms with E-state index in [1.165, 1.54) is 0 Å². The lowest BCUT2D eigenvalue weighted by Crippen LogP contribution is -2.28. The van der Waals surface area contributed by atoms with Crippen LogP contribution in [0.25, 0.3) is 0 Å². The lowest BCUT2D eigenvalue weighted by molar-refractivity contribution is -0.105. The molecule has 1 atom stereocenters. The highest BCUT2D eigenvalue weighted by molar-refractivity contribution is 5.72. The van der Waals surface area contributed by atoms with Gasteiger partial charge in [0.05, 0.1) is 11.9 Å². The molecule has 0 radical (unpaired) electrons. The van der Waals surface area contributed by atoms with Crippen molar-refractivity contribution < 1.29 is 4.79 Å². The molecule has 0 aromatic heterocycles. The van der Waals surface area contributed by atoms with Crippen LogP contribution in [0, 0.1) is 0 Å². The predicted octanol–water partition coefficient (Wildman–Crippen LogP) is -0.435. The fourth-order valence-corrected chi connectivity index (χ4v) is 0.616. The maximum Gasteiger partial charge on any atom is 0.167 e. The second-order valence-electron chi connectivity index (χ2n) is 1.75. The minimum Gasteiger partial charge on any atom is -0.370 e. The third-order valence-electron chi connectivity index (χ3n) is 0.999. The Hall–Kier alpha value is -0.990. The van der Waals surface area contributed by atoms with Crippen molar-refractivity contribution in [3.05, 3.63) is 11.9 Å². The van der Waals surface area contributed by atoms with E-state index in [1.807, 2.05) is 6.92 Å². The average molecular weight is 112 g/mol. The Morgan fingerprint density at radius 1 is 1.88 bits per heavy atom. The van der Waals surface area contributed by atoms with Gasteiger partial charge in [-0.05, 0) is 6.92 Å². The van der Waals surface area contributed by atoms with Crippen molar-refractivity contribution in [3.8, 4) is 0 Å². The Morgan fingerprint density at radius 3 is 2.88 bits per heavy atom. The summed E-state index contributed by atoms with van der Waals surface area (Å²) in [7, 11) is 0. The van der Waals surface area contributed by atoms with E-state index < -0.39 is 0 Å². The first-order valence-electron chi connectivity index (χ1n) is 2.51. The maximum absolute atomic E-state index is 9.98. The first kappa shape index (κ1) is 5.15. The molecule has 0 saturated carbocycles. The van der Waals surface area contributed by atoms with E-state index in [4.69, 9.17) is 0 Å². The number of aldehydes is 1. The molecule has 1 aliphatic heterocycles. The molecule has 0 aromatic rings. The molecule has 0 bridgehead atoms. The summed E-state index contributed by atoms with van der Waals surface area (Å²) < 4.78 is 0. The van der Waals surface area contributed by atoms with Gasteiger partial charge in [-0.2, -0.15) is 0 Å².